The molecule has 0 saturated carbocycles. The lowest BCUT2D eigenvalue weighted by atomic mass is 9.90. The zero-order valence-electron chi connectivity index (χ0n) is 8.27. The molecule has 0 aliphatic rings. The van der Waals surface area contributed by atoms with Crippen molar-refractivity contribution in [2.45, 2.75) is 40.0 Å². The molecular formula is C8H16ClO2Si. The van der Waals surface area contributed by atoms with Gasteiger partial charge in [-0.15, -0.1) is 0 Å². The van der Waals surface area contributed by atoms with E-state index in [4.69, 9.17) is 16.0 Å². The Hall–Kier alpha value is 0.137. The highest BCUT2D eigenvalue weighted by Gasteiger charge is 2.31. The quantitative estimate of drug-likeness (QED) is 0.525. The third-order valence-corrected chi connectivity index (χ3v) is 2.25. The van der Waals surface area contributed by atoms with E-state index in [0.717, 1.165) is 0 Å². The summed E-state index contributed by atoms with van der Waals surface area (Å²) in [5, 5.41) is -0.395. The molecule has 0 aromatic carbocycles. The molecular weight excluding hydrogens is 192 g/mol. The molecule has 1 unspecified atom stereocenters. The van der Waals surface area contributed by atoms with Gasteiger partial charge in [-0.1, -0.05) is 20.8 Å². The van der Waals surface area contributed by atoms with Gasteiger partial charge in [-0.25, -0.2) is 0 Å². The van der Waals surface area contributed by atoms with Gasteiger partial charge >= 0.3 is 0 Å². The van der Waals surface area contributed by atoms with Crippen LogP contribution in [0.2, 0.25) is 13.1 Å². The standard InChI is InChI=1S/C8H16ClO2Si/c1-8(2,3)6(7(9)10)11-12(4)5/h6H,1-5H3. The first-order valence-corrected chi connectivity index (χ1v) is 6.70. The van der Waals surface area contributed by atoms with Gasteiger partial charge in [0.05, 0.1) is 0 Å². The molecule has 0 bridgehead atoms. The number of carbonyl (C=O) groups excluding carboxylic acids is 1. The highest BCUT2D eigenvalue weighted by Crippen LogP contribution is 2.24. The van der Waals surface area contributed by atoms with Crippen LogP contribution in [0.25, 0.3) is 0 Å². The molecule has 0 aromatic rings. The van der Waals surface area contributed by atoms with Crippen LogP contribution in [-0.4, -0.2) is 20.4 Å². The number of rotatable bonds is 3. The minimum atomic E-state index is -0.866. The van der Waals surface area contributed by atoms with Crippen LogP contribution in [0.3, 0.4) is 0 Å². The highest BCUT2D eigenvalue weighted by atomic mass is 35.5. The van der Waals surface area contributed by atoms with Crippen LogP contribution in [0.15, 0.2) is 0 Å². The maximum atomic E-state index is 11.0. The van der Waals surface area contributed by atoms with Crippen molar-refractivity contribution in [2.75, 3.05) is 0 Å². The fourth-order valence-electron chi connectivity index (χ4n) is 0.799. The van der Waals surface area contributed by atoms with Crippen molar-refractivity contribution < 1.29 is 9.22 Å². The van der Waals surface area contributed by atoms with Crippen molar-refractivity contribution in [3.8, 4) is 0 Å². The zero-order valence-corrected chi connectivity index (χ0v) is 10.0. The lowest BCUT2D eigenvalue weighted by molar-refractivity contribution is -0.122. The Morgan fingerprint density at radius 2 is 1.83 bits per heavy atom. The average Bonchev–Trinajstić information content (AvgIpc) is 1.79. The van der Waals surface area contributed by atoms with Crippen LogP contribution < -0.4 is 0 Å². The average molecular weight is 208 g/mol. The van der Waals surface area contributed by atoms with Crippen LogP contribution in [0.4, 0.5) is 0 Å². The number of hydrogen-bond donors (Lipinski definition) is 0. The van der Waals surface area contributed by atoms with E-state index in [-0.39, 0.29) is 5.41 Å². The molecule has 0 aliphatic carbocycles. The van der Waals surface area contributed by atoms with Gasteiger partial charge < -0.3 is 4.43 Å². The topological polar surface area (TPSA) is 26.3 Å². The molecule has 1 atom stereocenters. The molecule has 71 valence electrons. The second kappa shape index (κ2) is 4.39. The molecule has 12 heavy (non-hydrogen) atoms. The van der Waals surface area contributed by atoms with Gasteiger partial charge in [0.2, 0.25) is 14.3 Å². The summed E-state index contributed by atoms with van der Waals surface area (Å²) < 4.78 is 5.50. The second-order valence-corrected chi connectivity index (χ2v) is 6.50. The molecule has 0 heterocycles. The summed E-state index contributed by atoms with van der Waals surface area (Å²) in [7, 11) is -0.866. The first-order valence-electron chi connectivity index (χ1n) is 3.91. The van der Waals surface area contributed by atoms with Crippen molar-refractivity contribution in [1.82, 2.24) is 0 Å². The van der Waals surface area contributed by atoms with Gasteiger partial charge in [0, 0.05) is 0 Å². The monoisotopic (exact) mass is 207 g/mol. The van der Waals surface area contributed by atoms with E-state index >= 15 is 0 Å². The molecule has 0 rings (SSSR count). The first kappa shape index (κ1) is 12.1. The van der Waals surface area contributed by atoms with Gasteiger partial charge in [0.1, 0.15) is 6.10 Å². The summed E-state index contributed by atoms with van der Waals surface area (Å²) in [6.07, 6.45) is -0.469. The van der Waals surface area contributed by atoms with Crippen LogP contribution in [0.1, 0.15) is 20.8 Å². The van der Waals surface area contributed by atoms with Gasteiger partial charge in [-0.3, -0.25) is 4.79 Å². The smallest absolute Gasteiger partial charge is 0.249 e. The lowest BCUT2D eigenvalue weighted by Gasteiger charge is -2.28. The Morgan fingerprint density at radius 3 is 1.92 bits per heavy atom. The first-order chi connectivity index (χ1) is 5.25. The van der Waals surface area contributed by atoms with Crippen LogP contribution in [0, 0.1) is 5.41 Å². The second-order valence-electron chi connectivity index (χ2n) is 4.08. The third-order valence-electron chi connectivity index (χ3n) is 1.35. The molecule has 1 radical (unpaired) electrons. The Labute approximate surface area is 81.0 Å². The van der Waals surface area contributed by atoms with Crippen LogP contribution in [-0.2, 0) is 9.22 Å². The fourth-order valence-corrected chi connectivity index (χ4v) is 2.18. The maximum Gasteiger partial charge on any atom is 0.249 e. The maximum absolute atomic E-state index is 11.0. The van der Waals surface area contributed by atoms with E-state index in [2.05, 4.69) is 0 Å². The van der Waals surface area contributed by atoms with Crippen molar-refractivity contribution >= 4 is 25.9 Å². The molecule has 0 N–H and O–H groups in total. The van der Waals surface area contributed by atoms with Crippen LogP contribution in [0.5, 0.6) is 0 Å². The summed E-state index contributed by atoms with van der Waals surface area (Å²) in [5.41, 5.74) is -0.208. The predicted molar refractivity (Wildman–Crippen MR) is 52.7 cm³/mol. The van der Waals surface area contributed by atoms with E-state index in [0.29, 0.717) is 0 Å². The van der Waals surface area contributed by atoms with Gasteiger partial charge in [0.15, 0.2) is 0 Å². The van der Waals surface area contributed by atoms with Crippen LogP contribution >= 0.6 is 11.6 Å². The summed E-state index contributed by atoms with van der Waals surface area (Å²) in [4.78, 5) is 11.0. The molecule has 2 nitrogen and oxygen atoms in total. The van der Waals surface area contributed by atoms with Crippen molar-refractivity contribution in [1.29, 1.82) is 0 Å². The van der Waals surface area contributed by atoms with Gasteiger partial charge in [-0.2, -0.15) is 0 Å². The minimum Gasteiger partial charge on any atom is -0.405 e. The zero-order chi connectivity index (χ0) is 9.94. The SMILES string of the molecule is C[Si](C)OC(C(=O)Cl)C(C)(C)C. The number of hydrogen-bond acceptors (Lipinski definition) is 2. The van der Waals surface area contributed by atoms with Crippen molar-refractivity contribution in [3.63, 3.8) is 0 Å². The Bertz CT molecular complexity index is 163. The van der Waals surface area contributed by atoms with E-state index < -0.39 is 20.4 Å². The Morgan fingerprint density at radius 1 is 1.42 bits per heavy atom. The Kier molecular flexibility index (Phi) is 4.44. The molecule has 0 aliphatic heterocycles. The van der Waals surface area contributed by atoms with Crippen molar-refractivity contribution in [3.05, 3.63) is 0 Å². The minimum absolute atomic E-state index is 0.208. The predicted octanol–water partition coefficient (Wildman–Crippen LogP) is 2.43. The lowest BCUT2D eigenvalue weighted by Crippen LogP contribution is -2.37. The number of halogens is 1. The summed E-state index contributed by atoms with van der Waals surface area (Å²) in [6, 6.07) is 0. The molecule has 0 aromatic heterocycles. The Balaban J connectivity index is 4.35. The largest absolute Gasteiger partial charge is 0.405 e. The fraction of sp³-hybridized carbons (Fsp3) is 0.875. The summed E-state index contributed by atoms with van der Waals surface area (Å²) in [6.45, 7) is 9.82. The summed E-state index contributed by atoms with van der Waals surface area (Å²) in [5.74, 6) is 0. The molecule has 0 amide bonds. The molecule has 0 spiro atoms. The molecule has 4 heteroatoms. The highest BCUT2D eigenvalue weighted by molar-refractivity contribution is 6.65. The van der Waals surface area contributed by atoms with E-state index in [9.17, 15) is 4.79 Å². The van der Waals surface area contributed by atoms with Gasteiger partial charge in [0.25, 0.3) is 0 Å². The van der Waals surface area contributed by atoms with E-state index in [1.165, 1.54) is 0 Å². The van der Waals surface area contributed by atoms with E-state index in [1.54, 1.807) is 0 Å². The van der Waals surface area contributed by atoms with E-state index in [1.807, 2.05) is 33.9 Å². The normalized spacial score (nSPS) is 14.9. The number of carbonyl (C=O) groups is 1. The van der Waals surface area contributed by atoms with Gasteiger partial charge in [-0.05, 0) is 30.1 Å². The third kappa shape index (κ3) is 4.23. The van der Waals surface area contributed by atoms with Crippen molar-refractivity contribution in [2.24, 2.45) is 5.41 Å². The molecule has 0 saturated heterocycles. The molecule has 0 fully saturated rings. The summed E-state index contributed by atoms with van der Waals surface area (Å²) >= 11 is 5.42.